The van der Waals surface area contributed by atoms with E-state index >= 15 is 0 Å². The highest BCUT2D eigenvalue weighted by Gasteiger charge is 2.18. The normalized spacial score (nSPS) is 9.47. The lowest BCUT2D eigenvalue weighted by atomic mass is 10.1. The Morgan fingerprint density at radius 2 is 1.89 bits per heavy atom. The molecule has 1 aromatic heterocycles. The molecule has 2 rings (SSSR count). The zero-order chi connectivity index (χ0) is 14.3. The molecule has 0 aliphatic rings. The van der Waals surface area contributed by atoms with E-state index in [2.05, 4.69) is 4.98 Å². The van der Waals surface area contributed by atoms with Crippen LogP contribution in [0.2, 0.25) is 0 Å². The lowest BCUT2D eigenvalue weighted by Gasteiger charge is -2.01. The number of esters is 1. The van der Waals surface area contributed by atoms with Gasteiger partial charge in [-0.25, -0.2) is 9.78 Å². The van der Waals surface area contributed by atoms with Gasteiger partial charge in [-0.1, -0.05) is 44.2 Å². The molecule has 19 heavy (non-hydrogen) atoms. The zero-order valence-corrected chi connectivity index (χ0v) is 12.6. The summed E-state index contributed by atoms with van der Waals surface area (Å²) in [5, 5.41) is 0.868. The quantitative estimate of drug-likeness (QED) is 0.784. The number of hydrogen-bond acceptors (Lipinski definition) is 4. The van der Waals surface area contributed by atoms with Gasteiger partial charge in [-0.2, -0.15) is 0 Å². The standard InChI is InChI=1S/C13H13NO2S.C2H6/c1-3-16-13(15)12-11(14-9(2)17-12)10-7-5-4-6-8-10;1-2/h4-8H,3H2,1-2H3;1-2H3. The number of carbonyl (C=O) groups is 1. The second-order valence-electron chi connectivity index (χ2n) is 3.50. The van der Waals surface area contributed by atoms with Crippen molar-refractivity contribution in [2.45, 2.75) is 27.7 Å². The highest BCUT2D eigenvalue weighted by atomic mass is 32.1. The second-order valence-corrected chi connectivity index (χ2v) is 4.70. The first-order valence-electron chi connectivity index (χ1n) is 6.42. The summed E-state index contributed by atoms with van der Waals surface area (Å²) >= 11 is 1.37. The Bertz CT molecular complexity index is 520. The fourth-order valence-corrected chi connectivity index (χ4v) is 2.39. The van der Waals surface area contributed by atoms with Crippen LogP contribution in [0.1, 0.15) is 35.5 Å². The van der Waals surface area contributed by atoms with Gasteiger partial charge in [0.25, 0.3) is 0 Å². The Morgan fingerprint density at radius 1 is 1.26 bits per heavy atom. The van der Waals surface area contributed by atoms with Crippen LogP contribution in [0, 0.1) is 6.92 Å². The summed E-state index contributed by atoms with van der Waals surface area (Å²) in [4.78, 5) is 16.8. The molecule has 1 aromatic carbocycles. The SMILES string of the molecule is CC.CCOC(=O)c1sc(C)nc1-c1ccccc1. The molecular weight excluding hydrogens is 258 g/mol. The van der Waals surface area contributed by atoms with E-state index in [1.165, 1.54) is 11.3 Å². The number of thiazole rings is 1. The molecule has 0 radical (unpaired) electrons. The number of aryl methyl sites for hydroxylation is 1. The van der Waals surface area contributed by atoms with Crippen molar-refractivity contribution in [3.63, 3.8) is 0 Å². The first-order valence-corrected chi connectivity index (χ1v) is 7.24. The maximum atomic E-state index is 11.8. The minimum absolute atomic E-state index is 0.294. The molecule has 0 saturated heterocycles. The van der Waals surface area contributed by atoms with E-state index in [1.54, 1.807) is 6.92 Å². The number of rotatable bonds is 3. The summed E-state index contributed by atoms with van der Waals surface area (Å²) in [5.74, 6) is -0.294. The predicted octanol–water partition coefficient (Wildman–Crippen LogP) is 4.32. The van der Waals surface area contributed by atoms with Crippen molar-refractivity contribution in [2.75, 3.05) is 6.61 Å². The number of hydrogen-bond donors (Lipinski definition) is 0. The highest BCUT2D eigenvalue weighted by molar-refractivity contribution is 7.14. The molecule has 0 saturated carbocycles. The average Bonchev–Trinajstić information content (AvgIpc) is 2.84. The van der Waals surface area contributed by atoms with Crippen molar-refractivity contribution < 1.29 is 9.53 Å². The summed E-state index contributed by atoms with van der Waals surface area (Å²) < 4.78 is 5.03. The van der Waals surface area contributed by atoms with Crippen LogP contribution in [0.4, 0.5) is 0 Å². The Balaban J connectivity index is 0.000000861. The Hall–Kier alpha value is -1.68. The summed E-state index contributed by atoms with van der Waals surface area (Å²) in [6, 6.07) is 9.68. The molecule has 2 aromatic rings. The van der Waals surface area contributed by atoms with Crippen LogP contribution in [0.15, 0.2) is 30.3 Å². The molecular formula is C15H19NO2S. The minimum Gasteiger partial charge on any atom is -0.462 e. The van der Waals surface area contributed by atoms with E-state index in [0.717, 1.165) is 10.6 Å². The van der Waals surface area contributed by atoms with Gasteiger partial charge < -0.3 is 4.74 Å². The molecule has 102 valence electrons. The predicted molar refractivity (Wildman–Crippen MR) is 79.6 cm³/mol. The molecule has 1 heterocycles. The average molecular weight is 277 g/mol. The molecule has 0 amide bonds. The van der Waals surface area contributed by atoms with Crippen molar-refractivity contribution >= 4 is 17.3 Å². The van der Waals surface area contributed by atoms with Crippen molar-refractivity contribution in [3.05, 3.63) is 40.2 Å². The fraction of sp³-hybridized carbons (Fsp3) is 0.333. The lowest BCUT2D eigenvalue weighted by molar-refractivity contribution is 0.0532. The zero-order valence-electron chi connectivity index (χ0n) is 11.8. The van der Waals surface area contributed by atoms with Gasteiger partial charge in [0.15, 0.2) is 0 Å². The third kappa shape index (κ3) is 3.89. The Kier molecular flexibility index (Phi) is 6.22. The van der Waals surface area contributed by atoms with Crippen LogP contribution in [-0.2, 0) is 4.74 Å². The molecule has 0 N–H and O–H groups in total. The first kappa shape index (κ1) is 15.4. The number of nitrogens with zero attached hydrogens (tertiary/aromatic N) is 1. The Morgan fingerprint density at radius 3 is 2.47 bits per heavy atom. The molecule has 3 nitrogen and oxygen atoms in total. The van der Waals surface area contributed by atoms with E-state index in [1.807, 2.05) is 51.1 Å². The molecule has 0 atom stereocenters. The summed E-state index contributed by atoms with van der Waals surface area (Å²) in [5.41, 5.74) is 1.66. The number of aromatic nitrogens is 1. The smallest absolute Gasteiger partial charge is 0.350 e. The highest BCUT2D eigenvalue weighted by Crippen LogP contribution is 2.28. The molecule has 0 aliphatic carbocycles. The molecule has 0 aliphatic heterocycles. The van der Waals surface area contributed by atoms with Crippen molar-refractivity contribution in [3.8, 4) is 11.3 Å². The molecule has 0 bridgehead atoms. The van der Waals surface area contributed by atoms with Crippen LogP contribution in [0.5, 0.6) is 0 Å². The van der Waals surface area contributed by atoms with Crippen molar-refractivity contribution in [2.24, 2.45) is 0 Å². The maximum absolute atomic E-state index is 11.8. The van der Waals surface area contributed by atoms with Crippen molar-refractivity contribution in [1.29, 1.82) is 0 Å². The van der Waals surface area contributed by atoms with Crippen LogP contribution in [0.25, 0.3) is 11.3 Å². The van der Waals surface area contributed by atoms with Gasteiger partial charge in [-0.05, 0) is 13.8 Å². The first-order chi connectivity index (χ1) is 9.22. The van der Waals surface area contributed by atoms with Crippen molar-refractivity contribution in [1.82, 2.24) is 4.98 Å². The molecule has 0 fully saturated rings. The second kappa shape index (κ2) is 7.69. The molecule has 0 spiro atoms. The number of ether oxygens (including phenoxy) is 1. The largest absolute Gasteiger partial charge is 0.462 e. The van der Waals surface area contributed by atoms with Crippen LogP contribution in [-0.4, -0.2) is 17.6 Å². The third-order valence-electron chi connectivity index (χ3n) is 2.24. The Labute approximate surface area is 118 Å². The number of carbonyl (C=O) groups excluding carboxylic acids is 1. The van der Waals surface area contributed by atoms with Gasteiger partial charge in [-0.15, -0.1) is 11.3 Å². The summed E-state index contributed by atoms with van der Waals surface area (Å²) in [7, 11) is 0. The van der Waals surface area contributed by atoms with Gasteiger partial charge in [0, 0.05) is 5.56 Å². The van der Waals surface area contributed by atoms with Gasteiger partial charge in [0.2, 0.25) is 0 Å². The van der Waals surface area contributed by atoms with E-state index in [9.17, 15) is 4.79 Å². The van der Waals surface area contributed by atoms with Gasteiger partial charge in [0.05, 0.1) is 17.3 Å². The lowest BCUT2D eigenvalue weighted by Crippen LogP contribution is -2.03. The fourth-order valence-electron chi connectivity index (χ4n) is 1.55. The van der Waals surface area contributed by atoms with Crippen LogP contribution < -0.4 is 0 Å². The monoisotopic (exact) mass is 277 g/mol. The maximum Gasteiger partial charge on any atom is 0.350 e. The molecule has 0 unspecified atom stereocenters. The van der Waals surface area contributed by atoms with Crippen LogP contribution in [0.3, 0.4) is 0 Å². The third-order valence-corrected chi connectivity index (χ3v) is 3.19. The van der Waals surface area contributed by atoms with E-state index in [4.69, 9.17) is 4.74 Å². The minimum atomic E-state index is -0.294. The van der Waals surface area contributed by atoms with E-state index in [0.29, 0.717) is 17.2 Å². The summed E-state index contributed by atoms with van der Waals surface area (Å²) in [6.45, 7) is 8.07. The number of benzene rings is 1. The van der Waals surface area contributed by atoms with Gasteiger partial charge in [0.1, 0.15) is 4.88 Å². The van der Waals surface area contributed by atoms with Gasteiger partial charge >= 0.3 is 5.97 Å². The van der Waals surface area contributed by atoms with E-state index < -0.39 is 0 Å². The summed E-state index contributed by atoms with van der Waals surface area (Å²) in [6.07, 6.45) is 0. The molecule has 4 heteroatoms. The van der Waals surface area contributed by atoms with E-state index in [-0.39, 0.29) is 5.97 Å². The topological polar surface area (TPSA) is 39.2 Å². The van der Waals surface area contributed by atoms with Gasteiger partial charge in [-0.3, -0.25) is 0 Å². The van der Waals surface area contributed by atoms with Crippen LogP contribution >= 0.6 is 11.3 Å².